The minimum Gasteiger partial charge on any atom is -0.340 e. The van der Waals surface area contributed by atoms with Gasteiger partial charge in [-0.05, 0) is 24.8 Å². The van der Waals surface area contributed by atoms with Crippen molar-refractivity contribution in [1.29, 1.82) is 0 Å². The first-order valence-electron chi connectivity index (χ1n) is 8.70. The van der Waals surface area contributed by atoms with Crippen LogP contribution < -0.4 is 5.32 Å². The van der Waals surface area contributed by atoms with Crippen LogP contribution in [0, 0.1) is 16.0 Å². The molecule has 3 rings (SSSR count). The van der Waals surface area contributed by atoms with Crippen molar-refractivity contribution in [3.63, 3.8) is 0 Å². The summed E-state index contributed by atoms with van der Waals surface area (Å²) in [6.45, 7) is 3.70. The molecule has 1 atom stereocenters. The number of sulfone groups is 1. The Bertz CT molecular complexity index is 1030. The third-order valence-corrected chi connectivity index (χ3v) is 5.50. The van der Waals surface area contributed by atoms with E-state index in [-0.39, 0.29) is 28.2 Å². The highest BCUT2D eigenvalue weighted by Crippen LogP contribution is 2.38. The van der Waals surface area contributed by atoms with Gasteiger partial charge in [-0.1, -0.05) is 19.0 Å². The van der Waals surface area contributed by atoms with E-state index in [1.165, 1.54) is 0 Å². The number of nitro groups is 1. The molecule has 1 heterocycles. The Morgan fingerprint density at radius 1 is 1.32 bits per heavy atom. The zero-order chi connectivity index (χ0) is 20.6. The van der Waals surface area contributed by atoms with Crippen LogP contribution >= 0.6 is 0 Å². The van der Waals surface area contributed by atoms with Crippen molar-refractivity contribution >= 4 is 21.4 Å². The number of nitro benzene ring substituents is 1. The zero-order valence-corrected chi connectivity index (χ0v) is 16.4. The molecule has 1 unspecified atom stereocenters. The number of nitrogens with zero attached hydrogens (tertiary/aromatic N) is 3. The van der Waals surface area contributed by atoms with Crippen LogP contribution in [-0.4, -0.2) is 35.6 Å². The number of amides is 1. The quantitative estimate of drug-likeness (QED) is 0.543. The summed E-state index contributed by atoms with van der Waals surface area (Å²) in [4.78, 5) is 27.1. The van der Waals surface area contributed by atoms with Gasteiger partial charge in [-0.3, -0.25) is 14.9 Å². The lowest BCUT2D eigenvalue weighted by atomic mass is 10.0. The van der Waals surface area contributed by atoms with Crippen molar-refractivity contribution in [3.05, 3.63) is 45.6 Å². The molecule has 2 aromatic rings. The van der Waals surface area contributed by atoms with Crippen molar-refractivity contribution in [2.75, 3.05) is 6.26 Å². The highest BCUT2D eigenvalue weighted by Gasteiger charge is 2.32. The van der Waals surface area contributed by atoms with Gasteiger partial charge in [-0.25, -0.2) is 8.42 Å². The van der Waals surface area contributed by atoms with E-state index in [0.717, 1.165) is 37.3 Å². The number of hydrogen-bond acceptors (Lipinski definition) is 8. The highest BCUT2D eigenvalue weighted by atomic mass is 32.2. The Labute approximate surface area is 161 Å². The fourth-order valence-electron chi connectivity index (χ4n) is 2.65. The molecule has 1 fully saturated rings. The molecule has 11 heteroatoms. The molecule has 0 aliphatic heterocycles. The lowest BCUT2D eigenvalue weighted by molar-refractivity contribution is -0.385. The molecule has 28 heavy (non-hydrogen) atoms. The summed E-state index contributed by atoms with van der Waals surface area (Å²) in [5.41, 5.74) is -0.620. The maximum absolute atomic E-state index is 12.7. The Hall–Kier alpha value is -2.82. The van der Waals surface area contributed by atoms with Crippen LogP contribution in [0.25, 0.3) is 0 Å². The number of aromatic nitrogens is 2. The predicted octanol–water partition coefficient (Wildman–Crippen LogP) is 2.39. The van der Waals surface area contributed by atoms with E-state index in [1.807, 2.05) is 13.8 Å². The van der Waals surface area contributed by atoms with E-state index in [0.29, 0.717) is 5.82 Å². The van der Waals surface area contributed by atoms with Gasteiger partial charge < -0.3 is 9.84 Å². The summed E-state index contributed by atoms with van der Waals surface area (Å²) in [7, 11) is -3.74. The molecule has 0 bridgehead atoms. The molecular formula is C17H20N4O6S. The summed E-state index contributed by atoms with van der Waals surface area (Å²) >= 11 is 0. The number of rotatable bonds is 7. The highest BCUT2D eigenvalue weighted by molar-refractivity contribution is 7.90. The minimum absolute atomic E-state index is 0.107. The van der Waals surface area contributed by atoms with Gasteiger partial charge in [0.15, 0.2) is 15.7 Å². The van der Waals surface area contributed by atoms with Gasteiger partial charge in [-0.2, -0.15) is 4.98 Å². The van der Waals surface area contributed by atoms with Crippen LogP contribution in [0.3, 0.4) is 0 Å². The van der Waals surface area contributed by atoms with Crippen LogP contribution in [0.2, 0.25) is 0 Å². The van der Waals surface area contributed by atoms with Crippen LogP contribution in [0.1, 0.15) is 60.7 Å². The normalized spacial score (nSPS) is 15.4. The second-order valence-electron chi connectivity index (χ2n) is 7.21. The maximum atomic E-state index is 12.7. The Balaban J connectivity index is 1.90. The minimum atomic E-state index is -3.74. The van der Waals surface area contributed by atoms with Crippen molar-refractivity contribution in [2.45, 2.75) is 43.5 Å². The first-order valence-corrected chi connectivity index (χ1v) is 10.6. The number of nitrogens with one attached hydrogen (secondary N) is 1. The second kappa shape index (κ2) is 7.30. The summed E-state index contributed by atoms with van der Waals surface area (Å²) in [6, 6.07) is 2.45. The first-order chi connectivity index (χ1) is 13.1. The molecule has 1 aromatic heterocycles. The molecule has 1 saturated carbocycles. The van der Waals surface area contributed by atoms with Gasteiger partial charge in [0.25, 0.3) is 11.6 Å². The van der Waals surface area contributed by atoms with E-state index < -0.39 is 32.4 Å². The van der Waals surface area contributed by atoms with Gasteiger partial charge in [0.1, 0.15) is 6.04 Å². The van der Waals surface area contributed by atoms with E-state index in [4.69, 9.17) is 4.52 Å². The fourth-order valence-corrected chi connectivity index (χ4v) is 3.33. The van der Waals surface area contributed by atoms with Crippen molar-refractivity contribution < 1.29 is 22.7 Å². The number of carbonyl (C=O) groups excluding carboxylic acids is 1. The van der Waals surface area contributed by atoms with E-state index >= 15 is 0 Å². The second-order valence-corrected chi connectivity index (χ2v) is 9.22. The van der Waals surface area contributed by atoms with Crippen LogP contribution in [0.5, 0.6) is 0 Å². The van der Waals surface area contributed by atoms with Crippen LogP contribution in [-0.2, 0) is 9.84 Å². The maximum Gasteiger partial charge on any atom is 0.271 e. The summed E-state index contributed by atoms with van der Waals surface area (Å²) in [5.74, 6) is 0.363. The molecule has 0 saturated heterocycles. The first kappa shape index (κ1) is 19.9. The number of carbonyl (C=O) groups is 1. The van der Waals surface area contributed by atoms with Gasteiger partial charge in [-0.15, -0.1) is 0 Å². The molecule has 1 N–H and O–H groups in total. The standard InChI is InChI=1S/C17H20N4O6S/c1-9(2)14(17-19-15(20-27-17)10-4-5-10)18-16(22)11-6-12(21(23)24)8-13(7-11)28(3,25)26/h6-10,14H,4-5H2,1-3H3,(H,18,22). The van der Waals surface area contributed by atoms with Crippen molar-refractivity contribution in [2.24, 2.45) is 5.92 Å². The smallest absolute Gasteiger partial charge is 0.271 e. The molecule has 1 amide bonds. The molecule has 150 valence electrons. The summed E-state index contributed by atoms with van der Waals surface area (Å²) in [5, 5.41) is 17.8. The molecule has 1 aromatic carbocycles. The SMILES string of the molecule is CC(C)C(NC(=O)c1cc([N+](=O)[O-])cc(S(C)(=O)=O)c1)c1nc(C2CC2)no1. The molecule has 1 aliphatic rings. The summed E-state index contributed by atoms with van der Waals surface area (Å²) in [6.07, 6.45) is 2.92. The largest absolute Gasteiger partial charge is 0.340 e. The van der Waals surface area contributed by atoms with Crippen molar-refractivity contribution in [3.8, 4) is 0 Å². The molecule has 10 nitrogen and oxygen atoms in total. The number of benzene rings is 1. The Morgan fingerprint density at radius 2 is 2.00 bits per heavy atom. The summed E-state index contributed by atoms with van der Waals surface area (Å²) < 4.78 is 28.9. The third kappa shape index (κ3) is 4.35. The van der Waals surface area contributed by atoms with Gasteiger partial charge >= 0.3 is 0 Å². The fraction of sp³-hybridized carbons (Fsp3) is 0.471. The monoisotopic (exact) mass is 408 g/mol. The van der Waals surface area contributed by atoms with Gasteiger partial charge in [0.05, 0.1) is 9.82 Å². The van der Waals surface area contributed by atoms with Gasteiger partial charge in [0.2, 0.25) is 5.89 Å². The van der Waals surface area contributed by atoms with E-state index in [2.05, 4.69) is 15.5 Å². The average Bonchev–Trinajstić information content (AvgIpc) is 3.35. The molecular weight excluding hydrogens is 388 g/mol. The third-order valence-electron chi connectivity index (χ3n) is 4.41. The Kier molecular flexibility index (Phi) is 5.20. The molecule has 0 radical (unpaired) electrons. The van der Waals surface area contributed by atoms with Crippen LogP contribution in [0.15, 0.2) is 27.6 Å². The lowest BCUT2D eigenvalue weighted by Crippen LogP contribution is -2.32. The van der Waals surface area contributed by atoms with Gasteiger partial charge in [0, 0.05) is 29.9 Å². The van der Waals surface area contributed by atoms with Crippen molar-refractivity contribution in [1.82, 2.24) is 15.5 Å². The van der Waals surface area contributed by atoms with E-state index in [1.54, 1.807) is 0 Å². The lowest BCUT2D eigenvalue weighted by Gasteiger charge is -2.18. The predicted molar refractivity (Wildman–Crippen MR) is 97.5 cm³/mol. The Morgan fingerprint density at radius 3 is 2.54 bits per heavy atom. The zero-order valence-electron chi connectivity index (χ0n) is 15.6. The average molecular weight is 408 g/mol. The topological polar surface area (TPSA) is 145 Å². The van der Waals surface area contributed by atoms with E-state index in [9.17, 15) is 23.3 Å². The number of hydrogen-bond donors (Lipinski definition) is 1. The molecule has 1 aliphatic carbocycles. The van der Waals surface area contributed by atoms with Crippen LogP contribution in [0.4, 0.5) is 5.69 Å². The molecule has 0 spiro atoms. The number of non-ortho nitro benzene ring substituents is 1.